The van der Waals surface area contributed by atoms with Gasteiger partial charge in [-0.3, -0.25) is 9.78 Å². The predicted octanol–water partition coefficient (Wildman–Crippen LogP) is 3.77. The van der Waals surface area contributed by atoms with Crippen LogP contribution in [-0.2, 0) is 13.1 Å². The Morgan fingerprint density at radius 2 is 1.62 bits per heavy atom. The lowest BCUT2D eigenvalue weighted by Crippen LogP contribution is -2.24. The van der Waals surface area contributed by atoms with Gasteiger partial charge in [-0.05, 0) is 71.6 Å². The number of carbonyl (C=O) groups excluding carboxylic acids is 1. The van der Waals surface area contributed by atoms with E-state index in [1.807, 2.05) is 31.2 Å². The summed E-state index contributed by atoms with van der Waals surface area (Å²) in [5.74, 6) is 0.916. The van der Waals surface area contributed by atoms with E-state index in [-0.39, 0.29) is 12.5 Å². The highest BCUT2D eigenvalue weighted by Gasteiger charge is 2.12. The molecular weight excluding hydrogens is 410 g/mol. The fourth-order valence-electron chi connectivity index (χ4n) is 3.27. The second-order valence-corrected chi connectivity index (χ2v) is 7.14. The lowest BCUT2D eigenvalue weighted by atomic mass is 9.99. The second kappa shape index (κ2) is 10.3. The number of carboxylic acid groups (broad SMARTS) is 1. The van der Waals surface area contributed by atoms with E-state index in [0.29, 0.717) is 29.2 Å². The van der Waals surface area contributed by atoms with Crippen LogP contribution in [0.4, 0.5) is 4.79 Å². The summed E-state index contributed by atoms with van der Waals surface area (Å²) >= 11 is 0. The van der Waals surface area contributed by atoms with E-state index in [0.717, 1.165) is 22.4 Å². The van der Waals surface area contributed by atoms with Crippen LogP contribution in [0.3, 0.4) is 0 Å². The van der Waals surface area contributed by atoms with Crippen LogP contribution in [0, 0.1) is 6.92 Å². The number of ether oxygens (including phenoxy) is 2. The fourth-order valence-corrected chi connectivity index (χ4v) is 3.27. The Labute approximate surface area is 186 Å². The van der Waals surface area contributed by atoms with Crippen molar-refractivity contribution in [3.63, 3.8) is 0 Å². The van der Waals surface area contributed by atoms with Gasteiger partial charge in [-0.1, -0.05) is 6.07 Å². The van der Waals surface area contributed by atoms with Crippen LogP contribution < -0.4 is 20.1 Å². The Kier molecular flexibility index (Phi) is 7.28. The van der Waals surface area contributed by atoms with Crippen LogP contribution in [0.25, 0.3) is 11.1 Å². The van der Waals surface area contributed by atoms with Gasteiger partial charge in [0.2, 0.25) is 0 Å². The molecule has 2 aromatic carbocycles. The number of nitrogens with one attached hydrogen (secondary N) is 2. The smallest absolute Gasteiger partial charge is 0.404 e. The minimum Gasteiger partial charge on any atom is -0.493 e. The van der Waals surface area contributed by atoms with Crippen molar-refractivity contribution in [2.75, 3.05) is 14.2 Å². The first-order valence-electron chi connectivity index (χ1n) is 9.92. The first-order chi connectivity index (χ1) is 15.4. The molecular formula is C24H25N3O5. The van der Waals surface area contributed by atoms with Crippen LogP contribution in [-0.4, -0.2) is 36.3 Å². The molecule has 8 nitrogen and oxygen atoms in total. The molecule has 3 rings (SSSR count). The summed E-state index contributed by atoms with van der Waals surface area (Å²) in [6, 6.07) is 14.5. The maximum absolute atomic E-state index is 12.9. The van der Waals surface area contributed by atoms with E-state index in [9.17, 15) is 9.59 Å². The van der Waals surface area contributed by atoms with Gasteiger partial charge in [0.25, 0.3) is 5.91 Å². The Balaban J connectivity index is 1.84. The zero-order valence-corrected chi connectivity index (χ0v) is 18.1. The van der Waals surface area contributed by atoms with E-state index in [4.69, 9.17) is 14.6 Å². The summed E-state index contributed by atoms with van der Waals surface area (Å²) in [6.07, 6.45) is 0.568. The van der Waals surface area contributed by atoms with Crippen molar-refractivity contribution in [2.45, 2.75) is 20.0 Å². The molecule has 166 valence electrons. The van der Waals surface area contributed by atoms with Crippen molar-refractivity contribution < 1.29 is 24.2 Å². The van der Waals surface area contributed by atoms with Crippen LogP contribution in [0.1, 0.15) is 27.2 Å². The van der Waals surface area contributed by atoms with Crippen molar-refractivity contribution in [1.29, 1.82) is 0 Å². The molecule has 0 bridgehead atoms. The average molecular weight is 435 g/mol. The largest absolute Gasteiger partial charge is 0.493 e. The first-order valence-corrected chi connectivity index (χ1v) is 9.92. The number of aryl methyl sites for hydroxylation is 1. The molecule has 32 heavy (non-hydrogen) atoms. The lowest BCUT2D eigenvalue weighted by molar-refractivity contribution is 0.0950. The van der Waals surface area contributed by atoms with Crippen molar-refractivity contribution in [2.24, 2.45) is 0 Å². The van der Waals surface area contributed by atoms with Gasteiger partial charge in [0.05, 0.1) is 14.2 Å². The van der Waals surface area contributed by atoms with Gasteiger partial charge < -0.3 is 25.2 Å². The van der Waals surface area contributed by atoms with E-state index < -0.39 is 6.09 Å². The van der Waals surface area contributed by atoms with Gasteiger partial charge in [-0.25, -0.2) is 4.79 Å². The SMILES string of the molecule is COc1ccc(CNC(=O)c2cc(CNC(=O)O)cc(-c3ccnc(C)c3)c2)cc1OC. The van der Waals surface area contributed by atoms with Crippen molar-refractivity contribution in [3.05, 3.63) is 77.1 Å². The highest BCUT2D eigenvalue weighted by Crippen LogP contribution is 2.27. The zero-order chi connectivity index (χ0) is 23.1. The quantitative estimate of drug-likeness (QED) is 0.497. The molecule has 1 aromatic heterocycles. The maximum atomic E-state index is 12.9. The van der Waals surface area contributed by atoms with Crippen molar-refractivity contribution in [3.8, 4) is 22.6 Å². The zero-order valence-electron chi connectivity index (χ0n) is 18.1. The Bertz CT molecular complexity index is 1130. The minimum atomic E-state index is -1.13. The summed E-state index contributed by atoms with van der Waals surface area (Å²) in [5, 5.41) is 14.2. The number of hydrogen-bond donors (Lipinski definition) is 3. The predicted molar refractivity (Wildman–Crippen MR) is 120 cm³/mol. The average Bonchev–Trinajstić information content (AvgIpc) is 2.80. The molecule has 0 aliphatic heterocycles. The fraction of sp³-hybridized carbons (Fsp3) is 0.208. The number of nitrogens with zero attached hydrogens (tertiary/aromatic N) is 1. The summed E-state index contributed by atoms with van der Waals surface area (Å²) in [4.78, 5) is 28.1. The molecule has 0 aliphatic carbocycles. The van der Waals surface area contributed by atoms with E-state index >= 15 is 0 Å². The molecule has 0 radical (unpaired) electrons. The number of pyridine rings is 1. The van der Waals surface area contributed by atoms with Gasteiger partial charge in [-0.2, -0.15) is 0 Å². The molecule has 0 saturated carbocycles. The number of carbonyl (C=O) groups is 2. The molecule has 0 fully saturated rings. The monoisotopic (exact) mass is 435 g/mol. The van der Waals surface area contributed by atoms with Gasteiger partial charge in [0.1, 0.15) is 0 Å². The van der Waals surface area contributed by atoms with E-state index in [1.165, 1.54) is 0 Å². The Morgan fingerprint density at radius 3 is 2.31 bits per heavy atom. The molecule has 0 aliphatic rings. The maximum Gasteiger partial charge on any atom is 0.404 e. The van der Waals surface area contributed by atoms with Gasteiger partial charge in [0.15, 0.2) is 11.5 Å². The Morgan fingerprint density at radius 1 is 0.875 bits per heavy atom. The highest BCUT2D eigenvalue weighted by molar-refractivity contribution is 5.95. The molecule has 1 heterocycles. The summed E-state index contributed by atoms with van der Waals surface area (Å²) in [5.41, 5.74) is 4.50. The van der Waals surface area contributed by atoms with E-state index in [1.54, 1.807) is 44.7 Å². The molecule has 0 unspecified atom stereocenters. The number of aromatic nitrogens is 1. The number of methoxy groups -OCH3 is 2. The lowest BCUT2D eigenvalue weighted by Gasteiger charge is -2.12. The molecule has 3 aromatic rings. The standard InChI is InChI=1S/C24H25N3O5/c1-15-8-18(6-7-25-15)19-9-17(14-27-24(29)30)10-20(12-19)23(28)26-13-16-4-5-21(31-2)22(11-16)32-3/h4-12,27H,13-14H2,1-3H3,(H,26,28)(H,29,30). The van der Waals surface area contributed by atoms with E-state index in [2.05, 4.69) is 15.6 Å². The third kappa shape index (κ3) is 5.75. The van der Waals surface area contributed by atoms with Gasteiger partial charge >= 0.3 is 6.09 Å². The molecule has 0 spiro atoms. The highest BCUT2D eigenvalue weighted by atomic mass is 16.5. The molecule has 2 amide bonds. The van der Waals surface area contributed by atoms with Gasteiger partial charge in [0, 0.05) is 30.5 Å². The van der Waals surface area contributed by atoms with Crippen LogP contribution >= 0.6 is 0 Å². The van der Waals surface area contributed by atoms with Crippen LogP contribution in [0.5, 0.6) is 11.5 Å². The number of benzene rings is 2. The van der Waals surface area contributed by atoms with Crippen molar-refractivity contribution >= 4 is 12.0 Å². The molecule has 0 atom stereocenters. The number of amides is 2. The van der Waals surface area contributed by atoms with Crippen LogP contribution in [0.2, 0.25) is 0 Å². The summed E-state index contributed by atoms with van der Waals surface area (Å²) in [6.45, 7) is 2.26. The molecule has 0 saturated heterocycles. The number of hydrogen-bond acceptors (Lipinski definition) is 5. The third-order valence-electron chi connectivity index (χ3n) is 4.83. The first kappa shape index (κ1) is 22.6. The molecule has 8 heteroatoms. The topological polar surface area (TPSA) is 110 Å². The van der Waals surface area contributed by atoms with Crippen molar-refractivity contribution in [1.82, 2.24) is 15.6 Å². The summed E-state index contributed by atoms with van der Waals surface area (Å²) in [7, 11) is 3.12. The second-order valence-electron chi connectivity index (χ2n) is 7.14. The normalized spacial score (nSPS) is 10.3. The Hall–Kier alpha value is -4.07. The third-order valence-corrected chi connectivity index (χ3v) is 4.83. The summed E-state index contributed by atoms with van der Waals surface area (Å²) < 4.78 is 10.5. The van der Waals surface area contributed by atoms with Gasteiger partial charge in [-0.15, -0.1) is 0 Å². The van der Waals surface area contributed by atoms with Crippen LogP contribution in [0.15, 0.2) is 54.7 Å². The number of rotatable bonds is 8. The minimum absolute atomic E-state index is 0.0865. The molecule has 3 N–H and O–H groups in total.